The standard InChI is InChI=1S/C14H14N2O3.C13H25N.C2H6/c1-8-2-3-10-9(6-8)7-16(14(10)19)11-4-5-12(17)15-13(11)18;1-11-7-9-13(10-8-11)14-12-5-3-2-4-6-12;1-2/h2-3,6,11H,4-5,7H2,1H3,(H,15,17,18);11-14H,2-10H2,1H3;1-2H3. The fourth-order valence-electron chi connectivity index (χ4n) is 5.73. The zero-order valence-corrected chi connectivity index (χ0v) is 22.2. The van der Waals surface area contributed by atoms with Crippen LogP contribution < -0.4 is 10.6 Å². The Morgan fingerprint density at radius 3 is 2.20 bits per heavy atom. The lowest BCUT2D eigenvalue weighted by Crippen LogP contribution is -2.52. The second-order valence-corrected chi connectivity index (χ2v) is 10.5. The molecule has 6 nitrogen and oxygen atoms in total. The summed E-state index contributed by atoms with van der Waals surface area (Å²) in [4.78, 5) is 36.8. The van der Waals surface area contributed by atoms with Crippen LogP contribution in [0.15, 0.2) is 18.2 Å². The summed E-state index contributed by atoms with van der Waals surface area (Å²) in [7, 11) is 0. The molecule has 0 bridgehead atoms. The zero-order chi connectivity index (χ0) is 25.4. The van der Waals surface area contributed by atoms with Gasteiger partial charge in [0, 0.05) is 30.6 Å². The van der Waals surface area contributed by atoms with Gasteiger partial charge in [0.25, 0.3) is 5.91 Å². The molecule has 6 heteroatoms. The Hall–Kier alpha value is -2.21. The molecule has 0 radical (unpaired) electrons. The average Bonchev–Trinajstić information content (AvgIpc) is 3.18. The molecule has 2 N–H and O–H groups in total. The Kier molecular flexibility index (Phi) is 10.3. The van der Waals surface area contributed by atoms with Crippen molar-refractivity contribution in [1.29, 1.82) is 0 Å². The van der Waals surface area contributed by atoms with Crippen LogP contribution in [-0.2, 0) is 16.1 Å². The number of carbonyl (C=O) groups is 3. The van der Waals surface area contributed by atoms with Crippen molar-refractivity contribution in [3.63, 3.8) is 0 Å². The largest absolute Gasteiger partial charge is 0.322 e. The normalized spacial score (nSPS) is 26.7. The molecule has 2 saturated carbocycles. The van der Waals surface area contributed by atoms with Gasteiger partial charge in [-0.25, -0.2) is 0 Å². The van der Waals surface area contributed by atoms with E-state index in [1.54, 1.807) is 11.0 Å². The van der Waals surface area contributed by atoms with Gasteiger partial charge in [0.1, 0.15) is 6.04 Å². The number of piperidine rings is 1. The van der Waals surface area contributed by atoms with Gasteiger partial charge in [-0.3, -0.25) is 19.7 Å². The van der Waals surface area contributed by atoms with Crippen molar-refractivity contribution in [1.82, 2.24) is 15.5 Å². The molecule has 1 aromatic carbocycles. The van der Waals surface area contributed by atoms with Crippen LogP contribution in [-0.4, -0.2) is 40.7 Å². The molecule has 0 spiro atoms. The number of benzene rings is 1. The second-order valence-electron chi connectivity index (χ2n) is 10.5. The molecule has 5 rings (SSSR count). The van der Waals surface area contributed by atoms with E-state index in [2.05, 4.69) is 17.6 Å². The van der Waals surface area contributed by atoms with Gasteiger partial charge in [-0.15, -0.1) is 0 Å². The van der Waals surface area contributed by atoms with Crippen molar-refractivity contribution >= 4 is 17.7 Å². The number of imide groups is 1. The van der Waals surface area contributed by atoms with Crippen molar-refractivity contribution < 1.29 is 14.4 Å². The predicted molar refractivity (Wildman–Crippen MR) is 140 cm³/mol. The number of carbonyl (C=O) groups excluding carboxylic acids is 3. The molecule has 3 fully saturated rings. The Balaban J connectivity index is 0.000000190. The summed E-state index contributed by atoms with van der Waals surface area (Å²) in [5, 5.41) is 6.17. The molecule has 2 aliphatic heterocycles. The van der Waals surface area contributed by atoms with Crippen molar-refractivity contribution in [3.05, 3.63) is 34.9 Å². The van der Waals surface area contributed by atoms with E-state index in [4.69, 9.17) is 0 Å². The highest BCUT2D eigenvalue weighted by Crippen LogP contribution is 2.28. The second kappa shape index (κ2) is 13.2. The maximum atomic E-state index is 12.3. The van der Waals surface area contributed by atoms with Crippen LogP contribution in [0.5, 0.6) is 0 Å². The number of nitrogens with one attached hydrogen (secondary N) is 2. The first-order chi connectivity index (χ1) is 16.9. The van der Waals surface area contributed by atoms with Crippen LogP contribution >= 0.6 is 0 Å². The van der Waals surface area contributed by atoms with Crippen molar-refractivity contribution in [3.8, 4) is 0 Å². The zero-order valence-electron chi connectivity index (χ0n) is 22.2. The molecule has 1 saturated heterocycles. The third kappa shape index (κ3) is 7.39. The van der Waals surface area contributed by atoms with E-state index < -0.39 is 6.04 Å². The minimum absolute atomic E-state index is 0.121. The molecule has 1 aromatic rings. The summed E-state index contributed by atoms with van der Waals surface area (Å²) in [6, 6.07) is 6.86. The number of amides is 3. The lowest BCUT2D eigenvalue weighted by atomic mass is 9.86. The maximum absolute atomic E-state index is 12.3. The van der Waals surface area contributed by atoms with E-state index in [1.807, 2.05) is 32.9 Å². The highest BCUT2D eigenvalue weighted by molar-refractivity contribution is 6.05. The van der Waals surface area contributed by atoms with Crippen LogP contribution in [0.25, 0.3) is 0 Å². The van der Waals surface area contributed by atoms with Gasteiger partial charge in [-0.05, 0) is 69.4 Å². The number of fused-ring (bicyclic) bond motifs is 1. The molecule has 194 valence electrons. The molecule has 2 aliphatic carbocycles. The van der Waals surface area contributed by atoms with Gasteiger partial charge < -0.3 is 10.2 Å². The number of hydrogen-bond acceptors (Lipinski definition) is 4. The van der Waals surface area contributed by atoms with E-state index >= 15 is 0 Å². The first-order valence-electron chi connectivity index (χ1n) is 13.9. The highest BCUT2D eigenvalue weighted by Gasteiger charge is 2.38. The van der Waals surface area contributed by atoms with Crippen molar-refractivity contribution in [2.75, 3.05) is 0 Å². The molecule has 1 atom stereocenters. The first-order valence-corrected chi connectivity index (χ1v) is 13.9. The molecule has 1 unspecified atom stereocenters. The quantitative estimate of drug-likeness (QED) is 0.574. The Morgan fingerprint density at radius 1 is 0.886 bits per heavy atom. The molecule has 0 aromatic heterocycles. The van der Waals surface area contributed by atoms with Crippen LogP contribution in [0.1, 0.15) is 113 Å². The van der Waals surface area contributed by atoms with Gasteiger partial charge in [0.15, 0.2) is 0 Å². The van der Waals surface area contributed by atoms with E-state index in [9.17, 15) is 14.4 Å². The van der Waals surface area contributed by atoms with Gasteiger partial charge >= 0.3 is 0 Å². The minimum Gasteiger partial charge on any atom is -0.322 e. The fourth-order valence-corrected chi connectivity index (χ4v) is 5.73. The van der Waals surface area contributed by atoms with E-state index in [0.29, 0.717) is 18.5 Å². The summed E-state index contributed by atoms with van der Waals surface area (Å²) >= 11 is 0. The van der Waals surface area contributed by atoms with Gasteiger partial charge in [-0.2, -0.15) is 0 Å². The Bertz CT molecular complexity index is 870. The Labute approximate surface area is 211 Å². The van der Waals surface area contributed by atoms with Gasteiger partial charge in [0.05, 0.1) is 0 Å². The summed E-state index contributed by atoms with van der Waals surface area (Å²) in [5.74, 6) is 0.235. The number of hydrogen-bond donors (Lipinski definition) is 2. The third-order valence-electron chi connectivity index (χ3n) is 7.77. The summed E-state index contributed by atoms with van der Waals surface area (Å²) < 4.78 is 0. The molecular formula is C29H45N3O3. The van der Waals surface area contributed by atoms with Crippen molar-refractivity contribution in [2.24, 2.45) is 5.92 Å². The van der Waals surface area contributed by atoms with Gasteiger partial charge in [0.2, 0.25) is 11.8 Å². The molecule has 2 heterocycles. The van der Waals surface area contributed by atoms with Gasteiger partial charge in [-0.1, -0.05) is 57.7 Å². The lowest BCUT2D eigenvalue weighted by Gasteiger charge is -2.32. The highest BCUT2D eigenvalue weighted by atomic mass is 16.2. The molecule has 3 amide bonds. The Morgan fingerprint density at radius 2 is 1.54 bits per heavy atom. The number of nitrogens with zero attached hydrogens (tertiary/aromatic N) is 1. The smallest absolute Gasteiger partial charge is 0.255 e. The molecule has 4 aliphatic rings. The monoisotopic (exact) mass is 483 g/mol. The summed E-state index contributed by atoms with van der Waals surface area (Å²) in [6.45, 7) is 8.82. The predicted octanol–water partition coefficient (Wildman–Crippen LogP) is 5.27. The van der Waals surface area contributed by atoms with E-state index in [0.717, 1.165) is 29.1 Å². The van der Waals surface area contributed by atoms with E-state index in [-0.39, 0.29) is 24.1 Å². The number of rotatable bonds is 3. The first kappa shape index (κ1) is 27.4. The lowest BCUT2D eigenvalue weighted by molar-refractivity contribution is -0.136. The van der Waals surface area contributed by atoms with Crippen LogP contribution in [0.2, 0.25) is 0 Å². The van der Waals surface area contributed by atoms with E-state index in [1.165, 1.54) is 57.8 Å². The SMILES string of the molecule is CC.CC1CCC(NC2CCCCC2)CC1.Cc1ccc2c(c1)CN(C1CCC(=O)NC1=O)C2=O. The average molecular weight is 484 g/mol. The summed E-state index contributed by atoms with van der Waals surface area (Å²) in [6.07, 6.45) is 13.7. The number of aryl methyl sites for hydroxylation is 1. The minimum atomic E-state index is -0.530. The summed E-state index contributed by atoms with van der Waals surface area (Å²) in [5.41, 5.74) is 2.71. The van der Waals surface area contributed by atoms with Crippen LogP contribution in [0, 0.1) is 12.8 Å². The van der Waals surface area contributed by atoms with Crippen LogP contribution in [0.4, 0.5) is 0 Å². The maximum Gasteiger partial charge on any atom is 0.255 e. The third-order valence-corrected chi connectivity index (χ3v) is 7.77. The molecule has 35 heavy (non-hydrogen) atoms. The van der Waals surface area contributed by atoms with Crippen molar-refractivity contribution in [2.45, 2.75) is 123 Å². The topological polar surface area (TPSA) is 78.5 Å². The molecular weight excluding hydrogens is 438 g/mol. The van der Waals surface area contributed by atoms with Crippen LogP contribution in [0.3, 0.4) is 0 Å². The fraction of sp³-hybridized carbons (Fsp3) is 0.690.